The van der Waals surface area contributed by atoms with Crippen molar-refractivity contribution in [2.45, 2.75) is 20.3 Å². The molecule has 0 heteroatoms. The largest absolute Gasteiger partial charge is 0.0988 e. The van der Waals surface area contributed by atoms with Gasteiger partial charge in [0.1, 0.15) is 0 Å². The fraction of sp³-hybridized carbons (Fsp3) is 0.500. The van der Waals surface area contributed by atoms with Gasteiger partial charge >= 0.3 is 0 Å². The Balaban J connectivity index is 3.39. The normalized spacial score (nSPS) is 9.38. The van der Waals surface area contributed by atoms with E-state index in [4.69, 9.17) is 0 Å². The van der Waals surface area contributed by atoms with E-state index >= 15 is 0 Å². The number of allylic oxidation sites excluding steroid dienone is 2. The predicted octanol–water partition coefficient (Wildman–Crippen LogP) is 2.77. The molecule has 0 saturated heterocycles. The average molecular weight is 110 g/mol. The van der Waals surface area contributed by atoms with Gasteiger partial charge in [-0.25, -0.2) is 0 Å². The monoisotopic (exact) mass is 110 g/mol. The van der Waals surface area contributed by atoms with Crippen LogP contribution in [0.2, 0.25) is 0 Å². The highest BCUT2D eigenvalue weighted by atomic mass is 14.0. The zero-order valence-corrected chi connectivity index (χ0v) is 5.78. The van der Waals surface area contributed by atoms with Gasteiger partial charge in [0, 0.05) is 0 Å². The van der Waals surface area contributed by atoms with E-state index in [2.05, 4.69) is 27.0 Å². The van der Waals surface area contributed by atoms with Gasteiger partial charge < -0.3 is 0 Å². The van der Waals surface area contributed by atoms with Crippen molar-refractivity contribution in [1.82, 2.24) is 0 Å². The van der Waals surface area contributed by atoms with Crippen LogP contribution in [-0.4, -0.2) is 0 Å². The summed E-state index contributed by atoms with van der Waals surface area (Å²) in [4.78, 5) is 0. The van der Waals surface area contributed by atoms with Crippen molar-refractivity contribution in [2.75, 3.05) is 0 Å². The Morgan fingerprint density at radius 3 is 2.25 bits per heavy atom. The number of hydrogen-bond donors (Lipinski definition) is 0. The van der Waals surface area contributed by atoms with Gasteiger partial charge in [0.25, 0.3) is 0 Å². The van der Waals surface area contributed by atoms with Crippen LogP contribution in [0.25, 0.3) is 0 Å². The lowest BCUT2D eigenvalue weighted by atomic mass is 10.1. The predicted molar refractivity (Wildman–Crippen MR) is 38.8 cm³/mol. The molecule has 0 N–H and O–H groups in total. The van der Waals surface area contributed by atoms with Gasteiger partial charge in [-0.05, 0) is 12.3 Å². The summed E-state index contributed by atoms with van der Waals surface area (Å²) in [5.41, 5.74) is 1.14. The zero-order chi connectivity index (χ0) is 6.57. The topological polar surface area (TPSA) is 0 Å². The highest BCUT2D eigenvalue weighted by molar-refractivity contribution is 5.10. The first-order valence-electron chi connectivity index (χ1n) is 2.97. The van der Waals surface area contributed by atoms with E-state index in [9.17, 15) is 0 Å². The second-order valence-corrected chi connectivity index (χ2v) is 2.46. The molecule has 0 aliphatic carbocycles. The van der Waals surface area contributed by atoms with Gasteiger partial charge in [0.15, 0.2) is 0 Å². The van der Waals surface area contributed by atoms with Crippen LogP contribution in [0.15, 0.2) is 24.8 Å². The van der Waals surface area contributed by atoms with Gasteiger partial charge in [-0.15, -0.1) is 0 Å². The van der Waals surface area contributed by atoms with Crippen molar-refractivity contribution in [3.63, 3.8) is 0 Å². The van der Waals surface area contributed by atoms with Crippen molar-refractivity contribution >= 4 is 0 Å². The molecule has 0 aromatic heterocycles. The molecule has 0 aromatic rings. The molecule has 0 aliphatic heterocycles. The van der Waals surface area contributed by atoms with Crippen molar-refractivity contribution in [1.29, 1.82) is 0 Å². The standard InChI is InChI=1S/C8H14/c1-5-8(4)6-7(2)3/h5,7H,1,4,6H2,2-3H3. The van der Waals surface area contributed by atoms with E-state index in [0.717, 1.165) is 12.0 Å². The molecule has 8 heavy (non-hydrogen) atoms. The maximum Gasteiger partial charge on any atom is -0.0262 e. The van der Waals surface area contributed by atoms with Crippen molar-refractivity contribution in [3.8, 4) is 0 Å². The van der Waals surface area contributed by atoms with E-state index in [1.54, 1.807) is 0 Å². The first-order chi connectivity index (χ1) is 3.66. The molecule has 0 aliphatic rings. The molecule has 0 bridgehead atoms. The summed E-state index contributed by atoms with van der Waals surface area (Å²) in [5, 5.41) is 0. The highest BCUT2D eigenvalue weighted by Gasteiger charge is 1.92. The maximum atomic E-state index is 3.80. The smallest absolute Gasteiger partial charge is 0.0262 e. The summed E-state index contributed by atoms with van der Waals surface area (Å²) < 4.78 is 0. The van der Waals surface area contributed by atoms with Crippen LogP contribution in [0, 0.1) is 5.92 Å². The second-order valence-electron chi connectivity index (χ2n) is 2.46. The average Bonchev–Trinajstić information content (AvgIpc) is 1.65. The van der Waals surface area contributed by atoms with Gasteiger partial charge in [0.2, 0.25) is 0 Å². The van der Waals surface area contributed by atoms with E-state index in [0.29, 0.717) is 5.92 Å². The van der Waals surface area contributed by atoms with Crippen molar-refractivity contribution in [3.05, 3.63) is 24.8 Å². The Kier molecular flexibility index (Phi) is 3.25. The number of rotatable bonds is 3. The van der Waals surface area contributed by atoms with Crippen molar-refractivity contribution in [2.24, 2.45) is 5.92 Å². The SMILES string of the molecule is C=CC(=C)CC(C)C. The lowest BCUT2D eigenvalue weighted by Crippen LogP contribution is -1.86. The minimum Gasteiger partial charge on any atom is -0.0988 e. The molecule has 0 saturated carbocycles. The number of hydrogen-bond acceptors (Lipinski definition) is 0. The van der Waals surface area contributed by atoms with Gasteiger partial charge in [0.05, 0.1) is 0 Å². The Hall–Kier alpha value is -0.520. The summed E-state index contributed by atoms with van der Waals surface area (Å²) in [7, 11) is 0. The lowest BCUT2D eigenvalue weighted by Gasteiger charge is -2.01. The molecule has 0 nitrogen and oxygen atoms in total. The van der Waals surface area contributed by atoms with Crippen molar-refractivity contribution < 1.29 is 0 Å². The van der Waals surface area contributed by atoms with Crippen LogP contribution in [0.5, 0.6) is 0 Å². The van der Waals surface area contributed by atoms with Crippen LogP contribution in [0.4, 0.5) is 0 Å². The molecule has 0 spiro atoms. The Labute approximate surface area is 51.9 Å². The minimum absolute atomic E-state index is 0.709. The molecule has 0 fully saturated rings. The first kappa shape index (κ1) is 7.48. The molecular weight excluding hydrogens is 96.1 g/mol. The first-order valence-corrected chi connectivity index (χ1v) is 2.97. The third-order valence-corrected chi connectivity index (χ3v) is 0.959. The van der Waals surface area contributed by atoms with E-state index in [-0.39, 0.29) is 0 Å². The molecule has 0 atom stereocenters. The molecule has 0 amide bonds. The van der Waals surface area contributed by atoms with Gasteiger partial charge in [-0.2, -0.15) is 0 Å². The van der Waals surface area contributed by atoms with E-state index < -0.39 is 0 Å². The maximum absolute atomic E-state index is 3.80. The van der Waals surface area contributed by atoms with Crippen LogP contribution in [0.3, 0.4) is 0 Å². The summed E-state index contributed by atoms with van der Waals surface area (Å²) in [6, 6.07) is 0. The Morgan fingerprint density at radius 2 is 2.12 bits per heavy atom. The van der Waals surface area contributed by atoms with Crippen LogP contribution < -0.4 is 0 Å². The van der Waals surface area contributed by atoms with Gasteiger partial charge in [-0.1, -0.05) is 38.7 Å². The van der Waals surface area contributed by atoms with Crippen LogP contribution in [-0.2, 0) is 0 Å². The summed E-state index contributed by atoms with van der Waals surface area (Å²) in [6.07, 6.45) is 2.89. The molecule has 0 rings (SSSR count). The fourth-order valence-corrected chi connectivity index (χ4v) is 0.608. The van der Waals surface area contributed by atoms with E-state index in [1.807, 2.05) is 6.08 Å². The highest BCUT2D eigenvalue weighted by Crippen LogP contribution is 2.07. The lowest BCUT2D eigenvalue weighted by molar-refractivity contribution is 0.651. The Morgan fingerprint density at radius 1 is 1.62 bits per heavy atom. The zero-order valence-electron chi connectivity index (χ0n) is 5.78. The molecule has 0 aromatic carbocycles. The third-order valence-electron chi connectivity index (χ3n) is 0.959. The summed E-state index contributed by atoms with van der Waals surface area (Å²) >= 11 is 0. The fourth-order valence-electron chi connectivity index (χ4n) is 0.608. The molecule has 0 radical (unpaired) electrons. The van der Waals surface area contributed by atoms with E-state index in [1.165, 1.54) is 0 Å². The molecular formula is C8H14. The third kappa shape index (κ3) is 3.66. The molecule has 0 unspecified atom stereocenters. The quantitative estimate of drug-likeness (QED) is 0.490. The molecule has 0 heterocycles. The summed E-state index contributed by atoms with van der Waals surface area (Å²) in [6.45, 7) is 11.8. The minimum atomic E-state index is 0.709. The van der Waals surface area contributed by atoms with Gasteiger partial charge in [-0.3, -0.25) is 0 Å². The Bertz CT molecular complexity index is 88.2. The summed E-state index contributed by atoms with van der Waals surface area (Å²) in [5.74, 6) is 0.709. The van der Waals surface area contributed by atoms with Crippen LogP contribution in [0.1, 0.15) is 20.3 Å². The van der Waals surface area contributed by atoms with Crippen LogP contribution >= 0.6 is 0 Å². The molecule has 46 valence electrons. The second kappa shape index (κ2) is 3.48.